The number of thiol groups is 1. The number of carbonyl (C=O) groups excluding carboxylic acids is 2. The molecule has 8 aliphatic rings. The Hall–Kier alpha value is -2.65. The number of aliphatic hydroxyl groups is 2. The van der Waals surface area contributed by atoms with Crippen molar-refractivity contribution in [2.24, 2.45) is 95.9 Å². The first-order valence-electron chi connectivity index (χ1n) is 30.1. The van der Waals surface area contributed by atoms with Gasteiger partial charge in [0.2, 0.25) is 5.91 Å². The summed E-state index contributed by atoms with van der Waals surface area (Å²) in [7, 11) is 7.42. The molecular formula is C66H104LiN5O5S. The number of rotatable bonds is 6. The fourth-order valence-corrected chi connectivity index (χ4v) is 18.3. The van der Waals surface area contributed by atoms with Crippen molar-refractivity contribution in [3.8, 4) is 0 Å². The molecule has 0 aliphatic heterocycles. The largest absolute Gasteiger partial charge is 1.00 e. The molecular weight excluding hydrogens is 982 g/mol. The maximum absolute atomic E-state index is 13.7. The van der Waals surface area contributed by atoms with Crippen molar-refractivity contribution >= 4 is 46.4 Å². The van der Waals surface area contributed by atoms with Crippen LogP contribution in [0.15, 0.2) is 48.5 Å². The third-order valence-electron chi connectivity index (χ3n) is 22.3. The van der Waals surface area contributed by atoms with Crippen LogP contribution in [0, 0.1) is 95.7 Å². The van der Waals surface area contributed by atoms with E-state index in [1.165, 1.54) is 94.1 Å². The van der Waals surface area contributed by atoms with Gasteiger partial charge in [-0.2, -0.15) is 19.0 Å². The van der Waals surface area contributed by atoms with E-state index in [1.807, 2.05) is 71.3 Å². The van der Waals surface area contributed by atoms with Crippen LogP contribution in [0.5, 0.6) is 0 Å². The van der Waals surface area contributed by atoms with Crippen LogP contribution < -0.4 is 18.9 Å². The predicted octanol–water partition coefficient (Wildman–Crippen LogP) is 11.4. The molecule has 8 saturated carbocycles. The van der Waals surface area contributed by atoms with Crippen LogP contribution in [0.2, 0.25) is 0 Å². The second-order valence-corrected chi connectivity index (χ2v) is 26.5. The van der Waals surface area contributed by atoms with Crippen molar-refractivity contribution in [2.75, 3.05) is 20.4 Å². The number of hydrogen-bond donors (Lipinski definition) is 3. The predicted molar refractivity (Wildman–Crippen MR) is 319 cm³/mol. The van der Waals surface area contributed by atoms with Gasteiger partial charge in [-0.15, -0.1) is 0 Å². The molecule has 1 amide bonds. The van der Waals surface area contributed by atoms with Gasteiger partial charge in [0, 0.05) is 33.0 Å². The molecule has 2 heterocycles. The second kappa shape index (κ2) is 26.7. The topological polar surface area (TPSA) is 123 Å². The summed E-state index contributed by atoms with van der Waals surface area (Å²) < 4.78 is 4.20. The minimum Gasteiger partial charge on any atom is -0.390 e. The number of unbranched alkanes of at least 4 members (excludes halogenated alkanes) is 1. The van der Waals surface area contributed by atoms with Crippen LogP contribution in [0.25, 0.3) is 22.1 Å². The molecule has 4 aromatic rings. The molecule has 0 bridgehead atoms. The number of Topliss-reactive ketones (excluding diaryl/α,β-unsaturated/α-hetero) is 1. The van der Waals surface area contributed by atoms with Crippen molar-refractivity contribution in [1.29, 1.82) is 0 Å². The SMILES string of the molecule is C.CON(C)C(=O)[C@H]1CC[C@H]2[C@@H]3CC[C@@H]4C[C@](C)(O)CC[C@@H]4[C@H]3CC[C@]12C.CS.Cc1nc2ccccc2n1C.Cn1c(CC(=O)[C@H]2CC[C@H]3[C@@H]4CC[C@@H]5C[C@](C)(O)CC[C@@H]5[C@H]4CC[C@]23C)nc2ccccc21.[CH2-]CCC.[Li+]. The number of imidazole rings is 2. The Morgan fingerprint density at radius 2 is 1.10 bits per heavy atom. The average Bonchev–Trinajstić information content (AvgIpc) is 4.16. The number of fused-ring (bicyclic) bond motifs is 12. The summed E-state index contributed by atoms with van der Waals surface area (Å²) in [6.45, 7) is 16.7. The maximum Gasteiger partial charge on any atom is 1.00 e. The van der Waals surface area contributed by atoms with E-state index < -0.39 is 11.2 Å². The normalized spacial score (nSPS) is 36.8. The standard InChI is InChI=1S/C29H40N2O2.C22H37NO3.C9H10N2.C4H9.CH4S.CH4.Li/c1-28(33)14-12-19-18(17-28)8-9-21-20(19)13-15-29(2)22(21)10-11-23(29)26(32)16-27-30-24-6-4-5-7-25(24)31(27)3;1-21(25)11-9-15-14(13-21)5-6-17-16(15)10-12-22(2)18(17)7-8-19(22)20(24)23(3)26-4;1-7-10-8-5-3-4-6-9(8)11(7)2;1-3-4-2;1-2;;/h4-7,18-23,33H,8-17H2,1-3H3;14-19,25H,5-13H2,1-4H3;3-6H,1-2H3;1,3-4H2,2H3;2H,1H3;1H4;/q;;;-1;;;+1/t18-,19+,20-,21-,22+,23-,28-,29+;14-,15+,16-,17-,18+,19-,21-,22+;;;;;/m11...../s1. The minimum atomic E-state index is -0.447. The number of benzene rings is 2. The minimum absolute atomic E-state index is 0. The van der Waals surface area contributed by atoms with E-state index in [0.29, 0.717) is 24.0 Å². The Labute approximate surface area is 489 Å². The number of carbonyl (C=O) groups is 2. The molecule has 0 radical (unpaired) electrons. The molecule has 8 fully saturated rings. The molecule has 8 aliphatic carbocycles. The molecule has 0 unspecified atom stereocenters. The Morgan fingerprint density at radius 1 is 0.667 bits per heavy atom. The molecule has 2 aromatic carbocycles. The first-order valence-corrected chi connectivity index (χ1v) is 30.9. The van der Waals surface area contributed by atoms with Gasteiger partial charge in [0.1, 0.15) is 17.4 Å². The fraction of sp³-hybridized carbons (Fsp3) is 0.742. The summed E-state index contributed by atoms with van der Waals surface area (Å²) >= 11 is 3.53. The summed E-state index contributed by atoms with van der Waals surface area (Å²) in [6, 6.07) is 16.3. The molecule has 10 nitrogen and oxygen atoms in total. The van der Waals surface area contributed by atoms with Gasteiger partial charge in [-0.1, -0.05) is 58.9 Å². The van der Waals surface area contributed by atoms with Crippen molar-refractivity contribution in [2.45, 2.75) is 195 Å². The van der Waals surface area contributed by atoms with Crippen LogP contribution in [-0.4, -0.2) is 77.7 Å². The van der Waals surface area contributed by atoms with Crippen molar-refractivity contribution in [3.05, 3.63) is 67.1 Å². The zero-order chi connectivity index (χ0) is 54.9. The number of ketones is 1. The van der Waals surface area contributed by atoms with E-state index in [-0.39, 0.29) is 54.9 Å². The van der Waals surface area contributed by atoms with Crippen molar-refractivity contribution in [3.63, 3.8) is 0 Å². The van der Waals surface area contributed by atoms with Crippen LogP contribution in [0.4, 0.5) is 0 Å². The maximum atomic E-state index is 13.7. The third kappa shape index (κ3) is 12.9. The van der Waals surface area contributed by atoms with E-state index in [0.717, 1.165) is 120 Å². The third-order valence-corrected chi connectivity index (χ3v) is 22.3. The van der Waals surface area contributed by atoms with E-state index in [4.69, 9.17) is 9.82 Å². The fourth-order valence-electron chi connectivity index (χ4n) is 18.3. The molecule has 430 valence electrons. The Kier molecular flexibility index (Phi) is 22.1. The smallest absolute Gasteiger partial charge is 0.390 e. The number of hydroxylamine groups is 2. The average molecular weight is 1090 g/mol. The number of aryl methyl sites for hydroxylation is 3. The second-order valence-electron chi connectivity index (χ2n) is 26.5. The molecule has 0 saturated heterocycles. The van der Waals surface area contributed by atoms with Gasteiger partial charge in [0.05, 0.1) is 46.8 Å². The van der Waals surface area contributed by atoms with Gasteiger partial charge in [-0.25, -0.2) is 15.0 Å². The molecule has 0 spiro atoms. The summed E-state index contributed by atoms with van der Waals surface area (Å²) in [5.74, 6) is 10.6. The van der Waals surface area contributed by atoms with E-state index in [9.17, 15) is 19.8 Å². The van der Waals surface area contributed by atoms with Crippen LogP contribution in [0.3, 0.4) is 0 Å². The van der Waals surface area contributed by atoms with E-state index in [2.05, 4.69) is 66.6 Å². The quantitative estimate of drug-likeness (QED) is 0.0761. The number of aromatic nitrogens is 4. The number of nitrogens with zero attached hydrogens (tertiary/aromatic N) is 5. The molecule has 12 rings (SSSR count). The Morgan fingerprint density at radius 3 is 1.56 bits per heavy atom. The van der Waals surface area contributed by atoms with Gasteiger partial charge in [0.25, 0.3) is 0 Å². The van der Waals surface area contributed by atoms with E-state index >= 15 is 0 Å². The van der Waals surface area contributed by atoms with Crippen LogP contribution >= 0.6 is 12.6 Å². The van der Waals surface area contributed by atoms with Gasteiger partial charge >= 0.3 is 18.9 Å². The van der Waals surface area contributed by atoms with E-state index in [1.54, 1.807) is 20.4 Å². The number of hydrogen-bond acceptors (Lipinski definition) is 8. The summed E-state index contributed by atoms with van der Waals surface area (Å²) in [4.78, 5) is 40.9. The molecule has 78 heavy (non-hydrogen) atoms. The summed E-state index contributed by atoms with van der Waals surface area (Å²) in [5.41, 5.74) is 3.80. The van der Waals surface area contributed by atoms with Gasteiger partial charge in [0.15, 0.2) is 0 Å². The molecule has 2 aromatic heterocycles. The van der Waals surface area contributed by atoms with Crippen LogP contribution in [0.1, 0.15) is 182 Å². The van der Waals surface area contributed by atoms with Gasteiger partial charge in [-0.3, -0.25) is 14.4 Å². The molecule has 2 N–H and O–H groups in total. The number of para-hydroxylation sites is 4. The first kappa shape index (κ1) is 64.5. The Bertz CT molecular complexity index is 2590. The zero-order valence-electron chi connectivity index (χ0n) is 49.9. The van der Waals surface area contributed by atoms with Crippen molar-refractivity contribution < 1.29 is 43.5 Å². The van der Waals surface area contributed by atoms with Crippen molar-refractivity contribution in [1.82, 2.24) is 24.2 Å². The van der Waals surface area contributed by atoms with Crippen LogP contribution in [-0.2, 0) is 34.9 Å². The molecule has 16 atom stereocenters. The summed E-state index contributed by atoms with van der Waals surface area (Å²) in [5, 5.41) is 22.6. The molecule has 12 heteroatoms. The number of amides is 1. The summed E-state index contributed by atoms with van der Waals surface area (Å²) in [6.07, 6.45) is 25.5. The zero-order valence-corrected chi connectivity index (χ0v) is 50.8. The van der Waals surface area contributed by atoms with Gasteiger partial charge < -0.3 is 26.3 Å². The Balaban J connectivity index is 0.000000194. The van der Waals surface area contributed by atoms with Gasteiger partial charge in [-0.05, 0) is 237 Å². The first-order chi connectivity index (χ1) is 36.2. The monoisotopic (exact) mass is 1090 g/mol.